The fourth-order valence-electron chi connectivity index (χ4n) is 2.42. The fraction of sp³-hybridized carbons (Fsp3) is 0. The summed E-state index contributed by atoms with van der Waals surface area (Å²) in [6, 6.07) is 15.6. The monoisotopic (exact) mass is 306 g/mol. The molecule has 0 amide bonds. The molecule has 0 atom stereocenters. The standard InChI is InChI=1S/C19H15ClN2/c1-3-15-17(4-2)22-18-8-6-5-7-16(18)19(15)21-14-11-9-13(20)10-12-14/h3-12H,1-2H2,(H,21,22). The Balaban J connectivity index is 2.22. The molecule has 0 fully saturated rings. The van der Waals surface area contributed by atoms with Gasteiger partial charge in [-0.15, -0.1) is 0 Å². The van der Waals surface area contributed by atoms with Crippen molar-refractivity contribution in [3.8, 4) is 0 Å². The van der Waals surface area contributed by atoms with E-state index < -0.39 is 0 Å². The number of nitrogens with one attached hydrogen (secondary N) is 1. The summed E-state index contributed by atoms with van der Waals surface area (Å²) >= 11 is 5.95. The number of hydrogen-bond acceptors (Lipinski definition) is 2. The molecule has 0 saturated carbocycles. The fourth-order valence-corrected chi connectivity index (χ4v) is 2.55. The van der Waals surface area contributed by atoms with Crippen molar-refractivity contribution in [2.75, 3.05) is 5.32 Å². The molecular weight excluding hydrogens is 292 g/mol. The van der Waals surface area contributed by atoms with Gasteiger partial charge in [-0.3, -0.25) is 0 Å². The third-order valence-electron chi connectivity index (χ3n) is 3.47. The van der Waals surface area contributed by atoms with Crippen LogP contribution in [-0.2, 0) is 0 Å². The van der Waals surface area contributed by atoms with Gasteiger partial charge in [0.15, 0.2) is 0 Å². The van der Waals surface area contributed by atoms with Crippen molar-refractivity contribution in [2.24, 2.45) is 0 Å². The van der Waals surface area contributed by atoms with Crippen molar-refractivity contribution < 1.29 is 0 Å². The lowest BCUT2D eigenvalue weighted by atomic mass is 10.0. The first-order chi connectivity index (χ1) is 10.7. The molecule has 1 N–H and O–H groups in total. The first-order valence-corrected chi connectivity index (χ1v) is 7.31. The molecule has 2 nitrogen and oxygen atoms in total. The SMILES string of the molecule is C=Cc1nc2ccccc2c(Nc2ccc(Cl)cc2)c1C=C. The third kappa shape index (κ3) is 2.61. The van der Waals surface area contributed by atoms with Crippen molar-refractivity contribution in [3.63, 3.8) is 0 Å². The molecule has 0 unspecified atom stereocenters. The topological polar surface area (TPSA) is 24.9 Å². The lowest BCUT2D eigenvalue weighted by Gasteiger charge is -2.15. The Kier molecular flexibility index (Phi) is 3.94. The summed E-state index contributed by atoms with van der Waals surface area (Å²) in [5.74, 6) is 0. The summed E-state index contributed by atoms with van der Waals surface area (Å²) in [5, 5.41) is 5.20. The Hall–Kier alpha value is -2.58. The van der Waals surface area contributed by atoms with E-state index in [1.54, 1.807) is 12.2 Å². The minimum absolute atomic E-state index is 0.709. The Labute approximate surface area is 134 Å². The first kappa shape index (κ1) is 14.4. The highest BCUT2D eigenvalue weighted by atomic mass is 35.5. The predicted molar refractivity (Wildman–Crippen MR) is 96.7 cm³/mol. The molecule has 1 aromatic heterocycles. The largest absolute Gasteiger partial charge is 0.354 e. The maximum atomic E-state index is 5.95. The van der Waals surface area contributed by atoms with Crippen LogP contribution in [0.3, 0.4) is 0 Å². The molecule has 0 aliphatic rings. The smallest absolute Gasteiger partial charge is 0.0730 e. The van der Waals surface area contributed by atoms with Gasteiger partial charge in [-0.25, -0.2) is 4.98 Å². The number of para-hydroxylation sites is 1. The van der Waals surface area contributed by atoms with Gasteiger partial charge in [0.2, 0.25) is 0 Å². The minimum atomic E-state index is 0.709. The number of halogens is 1. The molecule has 2 aromatic carbocycles. The van der Waals surface area contributed by atoms with Crippen LogP contribution < -0.4 is 5.32 Å². The number of pyridine rings is 1. The second kappa shape index (κ2) is 6.04. The Morgan fingerprint density at radius 3 is 2.36 bits per heavy atom. The van der Waals surface area contributed by atoms with Crippen LogP contribution in [0, 0.1) is 0 Å². The predicted octanol–water partition coefficient (Wildman–Crippen LogP) is 5.92. The van der Waals surface area contributed by atoms with Crippen LogP contribution in [0.4, 0.5) is 11.4 Å². The first-order valence-electron chi connectivity index (χ1n) is 6.93. The van der Waals surface area contributed by atoms with E-state index in [0.717, 1.165) is 33.5 Å². The van der Waals surface area contributed by atoms with E-state index >= 15 is 0 Å². The van der Waals surface area contributed by atoms with Crippen molar-refractivity contribution >= 4 is 46.0 Å². The van der Waals surface area contributed by atoms with E-state index in [-0.39, 0.29) is 0 Å². The van der Waals surface area contributed by atoms with E-state index in [1.807, 2.05) is 48.5 Å². The average Bonchev–Trinajstić information content (AvgIpc) is 2.56. The molecule has 22 heavy (non-hydrogen) atoms. The molecule has 0 spiro atoms. The average molecular weight is 307 g/mol. The van der Waals surface area contributed by atoms with E-state index in [9.17, 15) is 0 Å². The van der Waals surface area contributed by atoms with Gasteiger partial charge >= 0.3 is 0 Å². The molecule has 0 aliphatic carbocycles. The normalized spacial score (nSPS) is 10.4. The van der Waals surface area contributed by atoms with Gasteiger partial charge in [-0.05, 0) is 36.4 Å². The van der Waals surface area contributed by atoms with Crippen molar-refractivity contribution in [1.29, 1.82) is 0 Å². The van der Waals surface area contributed by atoms with Crippen LogP contribution in [0.1, 0.15) is 11.3 Å². The van der Waals surface area contributed by atoms with E-state index in [4.69, 9.17) is 11.6 Å². The minimum Gasteiger partial charge on any atom is -0.354 e. The molecule has 108 valence electrons. The number of hydrogen-bond donors (Lipinski definition) is 1. The molecule has 0 saturated heterocycles. The second-order valence-electron chi connectivity index (χ2n) is 4.84. The highest BCUT2D eigenvalue weighted by Crippen LogP contribution is 2.32. The summed E-state index contributed by atoms with van der Waals surface area (Å²) in [4.78, 5) is 4.63. The number of benzene rings is 2. The van der Waals surface area contributed by atoms with Gasteiger partial charge in [0.1, 0.15) is 0 Å². The molecule has 3 heteroatoms. The highest BCUT2D eigenvalue weighted by molar-refractivity contribution is 6.30. The van der Waals surface area contributed by atoms with Crippen molar-refractivity contribution in [2.45, 2.75) is 0 Å². The number of nitrogens with zero attached hydrogens (tertiary/aromatic N) is 1. The van der Waals surface area contributed by atoms with Crippen LogP contribution in [0.15, 0.2) is 61.7 Å². The molecule has 3 aromatic rings. The van der Waals surface area contributed by atoms with Gasteiger partial charge < -0.3 is 5.32 Å². The van der Waals surface area contributed by atoms with Crippen LogP contribution in [-0.4, -0.2) is 4.98 Å². The molecule has 0 aliphatic heterocycles. The maximum Gasteiger partial charge on any atom is 0.0730 e. The Morgan fingerprint density at radius 1 is 0.955 bits per heavy atom. The molecule has 0 radical (unpaired) electrons. The van der Waals surface area contributed by atoms with E-state index in [0.29, 0.717) is 5.02 Å². The zero-order valence-electron chi connectivity index (χ0n) is 12.0. The van der Waals surface area contributed by atoms with Gasteiger partial charge in [0.05, 0.1) is 16.9 Å². The summed E-state index contributed by atoms with van der Waals surface area (Å²) in [6.07, 6.45) is 3.55. The van der Waals surface area contributed by atoms with Crippen LogP contribution >= 0.6 is 11.6 Å². The second-order valence-corrected chi connectivity index (χ2v) is 5.28. The number of rotatable bonds is 4. The molecule has 3 rings (SSSR count). The number of anilines is 2. The molecule has 0 bridgehead atoms. The van der Waals surface area contributed by atoms with Crippen LogP contribution in [0.25, 0.3) is 23.1 Å². The summed E-state index contributed by atoms with van der Waals surface area (Å²) in [6.45, 7) is 7.76. The van der Waals surface area contributed by atoms with Gasteiger partial charge in [-0.1, -0.05) is 49.0 Å². The number of fused-ring (bicyclic) bond motifs is 1. The summed E-state index contributed by atoms with van der Waals surface area (Å²) < 4.78 is 0. The zero-order chi connectivity index (χ0) is 15.5. The van der Waals surface area contributed by atoms with Gasteiger partial charge in [-0.2, -0.15) is 0 Å². The highest BCUT2D eigenvalue weighted by Gasteiger charge is 2.11. The summed E-state index contributed by atoms with van der Waals surface area (Å²) in [5.41, 5.74) is 4.59. The van der Waals surface area contributed by atoms with Crippen LogP contribution in [0.2, 0.25) is 5.02 Å². The lowest BCUT2D eigenvalue weighted by Crippen LogP contribution is -1.99. The van der Waals surface area contributed by atoms with Gasteiger partial charge in [0.25, 0.3) is 0 Å². The third-order valence-corrected chi connectivity index (χ3v) is 3.72. The lowest BCUT2D eigenvalue weighted by molar-refractivity contribution is 1.35. The number of aromatic nitrogens is 1. The zero-order valence-corrected chi connectivity index (χ0v) is 12.8. The van der Waals surface area contributed by atoms with Gasteiger partial charge in [0, 0.05) is 21.7 Å². The van der Waals surface area contributed by atoms with Crippen molar-refractivity contribution in [3.05, 3.63) is 78.0 Å². The maximum absolute atomic E-state index is 5.95. The Morgan fingerprint density at radius 2 is 1.68 bits per heavy atom. The van der Waals surface area contributed by atoms with Crippen LogP contribution in [0.5, 0.6) is 0 Å². The van der Waals surface area contributed by atoms with E-state index in [1.165, 1.54) is 0 Å². The summed E-state index contributed by atoms with van der Waals surface area (Å²) in [7, 11) is 0. The van der Waals surface area contributed by atoms with E-state index in [2.05, 4.69) is 23.5 Å². The van der Waals surface area contributed by atoms with Crippen molar-refractivity contribution in [1.82, 2.24) is 4.98 Å². The molecule has 1 heterocycles. The molecular formula is C19H15ClN2. The Bertz CT molecular complexity index is 851. The quantitative estimate of drug-likeness (QED) is 0.647.